The van der Waals surface area contributed by atoms with Crippen LogP contribution in [-0.2, 0) is 19.0 Å². The molecular formula is C17H32N2O5. The van der Waals surface area contributed by atoms with Crippen LogP contribution in [-0.4, -0.2) is 67.6 Å². The molecule has 0 bridgehead atoms. The maximum atomic E-state index is 12.2. The highest BCUT2D eigenvalue weighted by Gasteiger charge is 2.32. The van der Waals surface area contributed by atoms with Crippen molar-refractivity contribution in [3.8, 4) is 0 Å². The highest BCUT2D eigenvalue weighted by Crippen LogP contribution is 2.20. The van der Waals surface area contributed by atoms with Crippen LogP contribution in [0.15, 0.2) is 0 Å². The van der Waals surface area contributed by atoms with E-state index >= 15 is 0 Å². The second-order valence-corrected chi connectivity index (χ2v) is 6.92. The van der Waals surface area contributed by atoms with E-state index in [0.29, 0.717) is 32.9 Å². The minimum atomic E-state index is -0.540. The number of hydrogen-bond acceptors (Lipinski definition) is 5. The number of nitrogens with one attached hydrogen (secondary N) is 1. The molecule has 2 atom stereocenters. The lowest BCUT2D eigenvalue weighted by atomic mass is 10.2. The predicted molar refractivity (Wildman–Crippen MR) is 90.9 cm³/mol. The number of carbonyl (C=O) groups is 2. The molecule has 0 unspecified atom stereocenters. The van der Waals surface area contributed by atoms with Gasteiger partial charge in [-0.2, -0.15) is 0 Å². The van der Waals surface area contributed by atoms with E-state index in [2.05, 4.69) is 5.32 Å². The first kappa shape index (κ1) is 20.7. The highest BCUT2D eigenvalue weighted by molar-refractivity contribution is 5.80. The molecule has 0 aromatic carbocycles. The van der Waals surface area contributed by atoms with Crippen LogP contribution >= 0.6 is 0 Å². The second kappa shape index (κ2) is 9.84. The van der Waals surface area contributed by atoms with Gasteiger partial charge in [-0.05, 0) is 47.5 Å². The van der Waals surface area contributed by atoms with Gasteiger partial charge in [0.2, 0.25) is 5.91 Å². The monoisotopic (exact) mass is 344 g/mol. The lowest BCUT2D eigenvalue weighted by molar-refractivity contribution is -0.132. The quantitative estimate of drug-likeness (QED) is 0.681. The summed E-state index contributed by atoms with van der Waals surface area (Å²) in [5.74, 6) is -0.178. The van der Waals surface area contributed by atoms with Crippen molar-refractivity contribution < 1.29 is 23.8 Å². The van der Waals surface area contributed by atoms with E-state index in [0.717, 1.165) is 12.8 Å². The molecule has 0 saturated carbocycles. The zero-order valence-corrected chi connectivity index (χ0v) is 15.6. The van der Waals surface area contributed by atoms with Gasteiger partial charge in [-0.1, -0.05) is 0 Å². The van der Waals surface area contributed by atoms with Gasteiger partial charge in [0.15, 0.2) is 0 Å². The van der Waals surface area contributed by atoms with Crippen molar-refractivity contribution in [3.05, 3.63) is 0 Å². The lowest BCUT2D eigenvalue weighted by Crippen LogP contribution is -2.46. The molecule has 7 nitrogen and oxygen atoms in total. The predicted octanol–water partition coefficient (Wildman–Crippen LogP) is 1.94. The Bertz CT molecular complexity index is 408. The number of nitrogens with zero attached hydrogens (tertiary/aromatic N) is 1. The maximum Gasteiger partial charge on any atom is 0.410 e. The van der Waals surface area contributed by atoms with Crippen molar-refractivity contribution >= 4 is 12.0 Å². The fourth-order valence-electron chi connectivity index (χ4n) is 2.47. The summed E-state index contributed by atoms with van der Waals surface area (Å²) in [7, 11) is 0. The molecule has 2 amide bonds. The molecule has 24 heavy (non-hydrogen) atoms. The van der Waals surface area contributed by atoms with Gasteiger partial charge < -0.3 is 24.4 Å². The Kier molecular flexibility index (Phi) is 8.48. The minimum absolute atomic E-state index is 0.0283. The van der Waals surface area contributed by atoms with Gasteiger partial charge in [0.25, 0.3) is 0 Å². The zero-order chi connectivity index (χ0) is 18.2. The van der Waals surface area contributed by atoms with Crippen molar-refractivity contribution in [2.75, 3.05) is 32.9 Å². The summed E-state index contributed by atoms with van der Waals surface area (Å²) < 4.78 is 16.0. The van der Waals surface area contributed by atoms with Crippen LogP contribution < -0.4 is 5.32 Å². The summed E-state index contributed by atoms with van der Waals surface area (Å²) in [5.41, 5.74) is -0.517. The molecule has 1 fully saturated rings. The van der Waals surface area contributed by atoms with Gasteiger partial charge in [0.1, 0.15) is 11.7 Å². The first-order valence-corrected chi connectivity index (χ1v) is 8.71. The number of rotatable bonds is 8. The molecule has 7 heteroatoms. The first-order chi connectivity index (χ1) is 11.2. The summed E-state index contributed by atoms with van der Waals surface area (Å²) in [6.45, 7) is 11.7. The average Bonchev–Trinajstić information content (AvgIpc) is 2.95. The van der Waals surface area contributed by atoms with E-state index in [1.165, 1.54) is 0 Å². The Hall–Kier alpha value is -1.34. The molecule has 1 N–H and O–H groups in total. The molecule has 1 heterocycles. The van der Waals surface area contributed by atoms with E-state index in [1.54, 1.807) is 11.8 Å². The molecule has 0 aliphatic carbocycles. The van der Waals surface area contributed by atoms with Gasteiger partial charge in [-0.25, -0.2) is 4.79 Å². The number of hydrogen-bond donors (Lipinski definition) is 1. The summed E-state index contributed by atoms with van der Waals surface area (Å²) in [6.07, 6.45) is 0.918. The normalized spacial score (nSPS) is 19.2. The second-order valence-electron chi connectivity index (χ2n) is 6.92. The Labute approximate surface area is 145 Å². The molecule has 1 saturated heterocycles. The SMILES string of the molecule is CCOCCO[C@@H](C)C(=O)NC[C@H]1CCCN1C(=O)OC(C)(C)C. The van der Waals surface area contributed by atoms with Crippen LogP contribution in [0.4, 0.5) is 4.79 Å². The van der Waals surface area contributed by atoms with Gasteiger partial charge in [-0.15, -0.1) is 0 Å². The third kappa shape index (κ3) is 7.49. The first-order valence-electron chi connectivity index (χ1n) is 8.71. The zero-order valence-electron chi connectivity index (χ0n) is 15.6. The van der Waals surface area contributed by atoms with Gasteiger partial charge in [0.05, 0.1) is 19.3 Å². The molecule has 1 rings (SSSR count). The topological polar surface area (TPSA) is 77.1 Å². The Morgan fingerprint density at radius 3 is 2.62 bits per heavy atom. The van der Waals surface area contributed by atoms with Crippen molar-refractivity contribution in [3.63, 3.8) is 0 Å². The molecule has 0 aromatic rings. The summed E-state index contributed by atoms with van der Waals surface area (Å²) in [4.78, 5) is 26.0. The fraction of sp³-hybridized carbons (Fsp3) is 0.882. The van der Waals surface area contributed by atoms with Crippen LogP contribution in [0.1, 0.15) is 47.5 Å². The molecule has 1 aliphatic rings. The summed E-state index contributed by atoms with van der Waals surface area (Å²) >= 11 is 0. The van der Waals surface area contributed by atoms with E-state index in [1.807, 2.05) is 27.7 Å². The smallest absolute Gasteiger partial charge is 0.410 e. The van der Waals surface area contributed by atoms with E-state index in [-0.39, 0.29) is 18.0 Å². The van der Waals surface area contributed by atoms with Crippen molar-refractivity contribution in [2.45, 2.75) is 65.2 Å². The van der Waals surface area contributed by atoms with Crippen LogP contribution in [0.3, 0.4) is 0 Å². The van der Waals surface area contributed by atoms with E-state index in [9.17, 15) is 9.59 Å². The maximum absolute atomic E-state index is 12.2. The standard InChI is InChI=1S/C17H32N2O5/c1-6-22-10-11-23-13(2)15(20)18-12-14-8-7-9-19(14)16(21)24-17(3,4)5/h13-14H,6-12H2,1-5H3,(H,18,20)/t13-,14+/m0/s1. The molecule has 1 aliphatic heterocycles. The van der Waals surface area contributed by atoms with E-state index < -0.39 is 11.7 Å². The Balaban J connectivity index is 2.36. The molecular weight excluding hydrogens is 312 g/mol. The fourth-order valence-corrected chi connectivity index (χ4v) is 2.47. The van der Waals surface area contributed by atoms with Crippen molar-refractivity contribution in [1.29, 1.82) is 0 Å². The highest BCUT2D eigenvalue weighted by atomic mass is 16.6. The van der Waals surface area contributed by atoms with Crippen LogP contribution in [0.25, 0.3) is 0 Å². The van der Waals surface area contributed by atoms with Crippen molar-refractivity contribution in [1.82, 2.24) is 10.2 Å². The Morgan fingerprint density at radius 2 is 2.00 bits per heavy atom. The van der Waals surface area contributed by atoms with Crippen molar-refractivity contribution in [2.24, 2.45) is 0 Å². The van der Waals surface area contributed by atoms with E-state index in [4.69, 9.17) is 14.2 Å². The number of likely N-dealkylation sites (tertiary alicyclic amines) is 1. The van der Waals surface area contributed by atoms with Crippen LogP contribution in [0, 0.1) is 0 Å². The molecule has 140 valence electrons. The van der Waals surface area contributed by atoms with Crippen LogP contribution in [0.2, 0.25) is 0 Å². The van der Waals surface area contributed by atoms with Gasteiger partial charge >= 0.3 is 6.09 Å². The number of carbonyl (C=O) groups excluding carboxylic acids is 2. The molecule has 0 spiro atoms. The third-order valence-electron chi connectivity index (χ3n) is 3.69. The molecule has 0 aromatic heterocycles. The minimum Gasteiger partial charge on any atom is -0.444 e. The number of amides is 2. The van der Waals surface area contributed by atoms with Crippen LogP contribution in [0.5, 0.6) is 0 Å². The largest absolute Gasteiger partial charge is 0.444 e. The Morgan fingerprint density at radius 1 is 1.29 bits per heavy atom. The third-order valence-corrected chi connectivity index (χ3v) is 3.69. The number of ether oxygens (including phenoxy) is 3. The summed E-state index contributed by atoms with van der Waals surface area (Å²) in [5, 5.41) is 2.86. The van der Waals surface area contributed by atoms with Gasteiger partial charge in [-0.3, -0.25) is 4.79 Å². The molecule has 0 radical (unpaired) electrons. The van der Waals surface area contributed by atoms with Gasteiger partial charge in [0, 0.05) is 19.7 Å². The lowest BCUT2D eigenvalue weighted by Gasteiger charge is -2.29. The average molecular weight is 344 g/mol. The summed E-state index contributed by atoms with van der Waals surface area (Å²) in [6, 6.07) is -0.0283.